The average molecular weight is 219 g/mol. The van der Waals surface area contributed by atoms with Crippen molar-refractivity contribution in [2.45, 2.75) is 31.7 Å². The molecule has 5 heteroatoms. The molecule has 1 heterocycles. The minimum absolute atomic E-state index is 0.0621. The molecule has 0 N–H and O–H groups in total. The van der Waals surface area contributed by atoms with Gasteiger partial charge in [0.25, 0.3) is 5.91 Å². The molecule has 0 aromatic rings. The molecule has 2 fully saturated rings. The quantitative estimate of drug-likeness (QED) is 0.712. The van der Waals surface area contributed by atoms with Gasteiger partial charge in [0.2, 0.25) is 0 Å². The first-order valence-electron chi connectivity index (χ1n) is 5.35. The van der Waals surface area contributed by atoms with Gasteiger partial charge in [0.15, 0.2) is 0 Å². The van der Waals surface area contributed by atoms with Gasteiger partial charge in [-0.15, -0.1) is 0 Å². The van der Waals surface area contributed by atoms with E-state index in [0.29, 0.717) is 19.8 Å². The molecule has 3 nitrogen and oxygen atoms in total. The number of hydrogen-bond acceptors (Lipinski definition) is 2. The van der Waals surface area contributed by atoms with Crippen LogP contribution < -0.4 is 0 Å². The maximum absolute atomic E-state index is 12.3. The summed E-state index contributed by atoms with van der Waals surface area (Å²) in [6.45, 7) is 1.72. The fraction of sp³-hybridized carbons (Fsp3) is 0.900. The molecule has 1 atom stereocenters. The topological polar surface area (TPSA) is 29.5 Å². The van der Waals surface area contributed by atoms with Gasteiger partial charge in [-0.2, -0.15) is 8.78 Å². The second-order valence-electron chi connectivity index (χ2n) is 4.25. The van der Waals surface area contributed by atoms with Crippen LogP contribution in [0.15, 0.2) is 0 Å². The van der Waals surface area contributed by atoms with E-state index in [9.17, 15) is 13.6 Å². The van der Waals surface area contributed by atoms with Gasteiger partial charge >= 0.3 is 6.43 Å². The molecule has 1 unspecified atom stereocenters. The zero-order valence-electron chi connectivity index (χ0n) is 8.49. The van der Waals surface area contributed by atoms with Gasteiger partial charge in [-0.1, -0.05) is 0 Å². The van der Waals surface area contributed by atoms with Gasteiger partial charge in [-0.05, 0) is 19.3 Å². The van der Waals surface area contributed by atoms with E-state index in [0.717, 1.165) is 19.3 Å². The summed E-state index contributed by atoms with van der Waals surface area (Å²) in [7, 11) is 0. The Balaban J connectivity index is 1.90. The fourth-order valence-electron chi connectivity index (χ4n) is 1.94. The predicted octanol–water partition coefficient (Wildman–Crippen LogP) is 1.28. The minimum atomic E-state index is -2.87. The molecular weight excluding hydrogens is 204 g/mol. The molecule has 1 aliphatic heterocycles. The summed E-state index contributed by atoms with van der Waals surface area (Å²) in [5.74, 6) is -0.766. The maximum Gasteiger partial charge on any atom is 0.315 e. The summed E-state index contributed by atoms with van der Waals surface area (Å²) in [5, 5.41) is 0. The number of carbonyl (C=O) groups excluding carboxylic acids is 1. The van der Waals surface area contributed by atoms with Crippen LogP contribution in [0.5, 0.6) is 0 Å². The highest BCUT2D eigenvalue weighted by Gasteiger charge is 2.37. The second-order valence-corrected chi connectivity index (χ2v) is 4.25. The number of amides is 1. The lowest BCUT2D eigenvalue weighted by atomic mass is 10.1. The Morgan fingerprint density at radius 1 is 1.40 bits per heavy atom. The van der Waals surface area contributed by atoms with Crippen molar-refractivity contribution in [1.82, 2.24) is 4.90 Å². The van der Waals surface area contributed by atoms with Crippen molar-refractivity contribution in [2.24, 2.45) is 5.92 Å². The number of rotatable bonds is 4. The van der Waals surface area contributed by atoms with E-state index in [1.165, 1.54) is 4.90 Å². The Kier molecular flexibility index (Phi) is 3.19. The van der Waals surface area contributed by atoms with Crippen molar-refractivity contribution in [3.63, 3.8) is 0 Å². The van der Waals surface area contributed by atoms with E-state index in [1.807, 2.05) is 0 Å². The van der Waals surface area contributed by atoms with Crippen molar-refractivity contribution in [2.75, 3.05) is 19.8 Å². The van der Waals surface area contributed by atoms with Crippen LogP contribution in [-0.4, -0.2) is 43.0 Å². The van der Waals surface area contributed by atoms with E-state index in [4.69, 9.17) is 4.74 Å². The number of hydrogen-bond donors (Lipinski definition) is 0. The van der Waals surface area contributed by atoms with Crippen LogP contribution in [0.2, 0.25) is 0 Å². The lowest BCUT2D eigenvalue weighted by Crippen LogP contribution is -2.40. The molecule has 0 aromatic carbocycles. The van der Waals surface area contributed by atoms with Crippen LogP contribution in [0.3, 0.4) is 0 Å². The molecule has 2 aliphatic rings. The molecule has 0 spiro atoms. The standard InChI is InChI=1S/C10H15F2NO2/c11-9(12)10(14)13(8-1-2-8)5-7-3-4-15-6-7/h7-9H,1-6H2. The number of halogens is 2. The fourth-order valence-corrected chi connectivity index (χ4v) is 1.94. The number of nitrogens with zero attached hydrogens (tertiary/aromatic N) is 1. The molecule has 2 rings (SSSR count). The Morgan fingerprint density at radius 3 is 2.60 bits per heavy atom. The third-order valence-electron chi connectivity index (χ3n) is 2.94. The summed E-state index contributed by atoms with van der Waals surface area (Å²) in [5.41, 5.74) is 0. The van der Waals surface area contributed by atoms with Crippen LogP contribution in [0.1, 0.15) is 19.3 Å². The summed E-state index contributed by atoms with van der Waals surface area (Å²) < 4.78 is 29.8. The Morgan fingerprint density at radius 2 is 2.13 bits per heavy atom. The third kappa shape index (κ3) is 2.65. The van der Waals surface area contributed by atoms with Crippen molar-refractivity contribution < 1.29 is 18.3 Å². The largest absolute Gasteiger partial charge is 0.381 e. The van der Waals surface area contributed by atoms with Gasteiger partial charge in [0, 0.05) is 25.1 Å². The van der Waals surface area contributed by atoms with Gasteiger partial charge in [-0.25, -0.2) is 0 Å². The number of alkyl halides is 2. The van der Waals surface area contributed by atoms with Crippen LogP contribution in [-0.2, 0) is 9.53 Å². The molecule has 1 saturated heterocycles. The summed E-state index contributed by atoms with van der Waals surface area (Å²) in [6.07, 6.45) is -0.259. The van der Waals surface area contributed by atoms with Gasteiger partial charge in [0.1, 0.15) is 0 Å². The average Bonchev–Trinajstić information content (AvgIpc) is 2.92. The molecular formula is C10H15F2NO2. The summed E-state index contributed by atoms with van der Waals surface area (Å²) >= 11 is 0. The SMILES string of the molecule is O=C(C(F)F)N(CC1CCOC1)C1CC1. The highest BCUT2D eigenvalue weighted by Crippen LogP contribution is 2.29. The Bertz CT molecular complexity index is 238. The molecule has 1 aliphatic carbocycles. The van der Waals surface area contributed by atoms with Crippen molar-refractivity contribution in [3.8, 4) is 0 Å². The summed E-state index contributed by atoms with van der Waals surface area (Å²) in [6, 6.07) is 0.0621. The number of carbonyl (C=O) groups is 1. The molecule has 1 saturated carbocycles. The van der Waals surface area contributed by atoms with Crippen molar-refractivity contribution in [3.05, 3.63) is 0 Å². The van der Waals surface area contributed by atoms with Crippen molar-refractivity contribution in [1.29, 1.82) is 0 Å². The number of ether oxygens (including phenoxy) is 1. The third-order valence-corrected chi connectivity index (χ3v) is 2.94. The van der Waals surface area contributed by atoms with E-state index >= 15 is 0 Å². The normalized spacial score (nSPS) is 25.9. The molecule has 0 radical (unpaired) electrons. The first-order chi connectivity index (χ1) is 7.18. The molecule has 0 aromatic heterocycles. The lowest BCUT2D eigenvalue weighted by Gasteiger charge is -2.24. The van der Waals surface area contributed by atoms with Gasteiger partial charge < -0.3 is 9.64 Å². The predicted molar refractivity (Wildman–Crippen MR) is 49.7 cm³/mol. The van der Waals surface area contributed by atoms with E-state index < -0.39 is 12.3 Å². The van der Waals surface area contributed by atoms with Gasteiger partial charge in [0.05, 0.1) is 6.61 Å². The Hall–Kier alpha value is -0.710. The highest BCUT2D eigenvalue weighted by atomic mass is 19.3. The zero-order valence-corrected chi connectivity index (χ0v) is 8.49. The zero-order chi connectivity index (χ0) is 10.8. The molecule has 1 amide bonds. The summed E-state index contributed by atoms with van der Waals surface area (Å²) in [4.78, 5) is 12.6. The van der Waals surface area contributed by atoms with E-state index in [2.05, 4.69) is 0 Å². The van der Waals surface area contributed by atoms with E-state index in [1.54, 1.807) is 0 Å². The highest BCUT2D eigenvalue weighted by molar-refractivity contribution is 5.80. The molecule has 15 heavy (non-hydrogen) atoms. The molecule has 0 bridgehead atoms. The Labute approximate surface area is 87.4 Å². The lowest BCUT2D eigenvalue weighted by molar-refractivity contribution is -0.144. The monoisotopic (exact) mass is 219 g/mol. The van der Waals surface area contributed by atoms with Crippen LogP contribution in [0, 0.1) is 5.92 Å². The van der Waals surface area contributed by atoms with Crippen LogP contribution in [0.25, 0.3) is 0 Å². The first kappa shape index (κ1) is 10.8. The first-order valence-corrected chi connectivity index (χ1v) is 5.35. The van der Waals surface area contributed by atoms with E-state index in [-0.39, 0.29) is 12.0 Å². The second kappa shape index (κ2) is 4.43. The molecule has 86 valence electrons. The minimum Gasteiger partial charge on any atom is -0.381 e. The van der Waals surface area contributed by atoms with Crippen LogP contribution in [0.4, 0.5) is 8.78 Å². The van der Waals surface area contributed by atoms with Gasteiger partial charge in [-0.3, -0.25) is 4.79 Å². The van der Waals surface area contributed by atoms with Crippen LogP contribution >= 0.6 is 0 Å². The maximum atomic E-state index is 12.3. The van der Waals surface area contributed by atoms with Crippen molar-refractivity contribution >= 4 is 5.91 Å². The smallest absolute Gasteiger partial charge is 0.315 e.